The summed E-state index contributed by atoms with van der Waals surface area (Å²) in [6.45, 7) is 6.04. The minimum atomic E-state index is -0.395. The fourth-order valence-corrected chi connectivity index (χ4v) is 1.70. The number of carbonyl (C=O) groups excluding carboxylic acids is 1. The Hall–Kier alpha value is -1.35. The average Bonchev–Trinajstić information content (AvgIpc) is 2.30. The van der Waals surface area contributed by atoms with Crippen LogP contribution >= 0.6 is 0 Å². The van der Waals surface area contributed by atoms with Crippen molar-refractivity contribution in [3.8, 4) is 0 Å². The van der Waals surface area contributed by atoms with E-state index >= 15 is 0 Å². The molecule has 1 amide bonds. The van der Waals surface area contributed by atoms with Gasteiger partial charge in [-0.1, -0.05) is 43.2 Å². The monoisotopic (exact) mass is 234 g/mol. The first kappa shape index (κ1) is 13.7. The zero-order valence-electron chi connectivity index (χ0n) is 10.9. The molecular weight excluding hydrogens is 212 g/mol. The van der Waals surface area contributed by atoms with E-state index in [0.29, 0.717) is 0 Å². The summed E-state index contributed by atoms with van der Waals surface area (Å²) in [6.07, 6.45) is 1.65. The smallest absolute Gasteiger partial charge is 0.237 e. The van der Waals surface area contributed by atoms with Crippen LogP contribution in [0.1, 0.15) is 43.9 Å². The van der Waals surface area contributed by atoms with E-state index in [9.17, 15) is 4.79 Å². The van der Waals surface area contributed by atoms with E-state index in [1.807, 2.05) is 45.0 Å². The van der Waals surface area contributed by atoms with E-state index < -0.39 is 6.04 Å². The van der Waals surface area contributed by atoms with Gasteiger partial charge in [-0.2, -0.15) is 0 Å². The van der Waals surface area contributed by atoms with Crippen LogP contribution in [0.4, 0.5) is 0 Å². The Labute approximate surface area is 103 Å². The summed E-state index contributed by atoms with van der Waals surface area (Å²) in [5.74, 6) is -0.0695. The zero-order valence-corrected chi connectivity index (χ0v) is 10.9. The molecule has 0 bridgehead atoms. The predicted molar refractivity (Wildman–Crippen MR) is 70.6 cm³/mol. The highest BCUT2D eigenvalue weighted by molar-refractivity contribution is 5.81. The van der Waals surface area contributed by atoms with Crippen molar-refractivity contribution in [2.75, 3.05) is 0 Å². The van der Waals surface area contributed by atoms with Crippen LogP contribution in [0.3, 0.4) is 0 Å². The topological polar surface area (TPSA) is 55.1 Å². The van der Waals surface area contributed by atoms with Crippen LogP contribution in [0.5, 0.6) is 0 Å². The highest BCUT2D eigenvalue weighted by Crippen LogP contribution is 2.13. The van der Waals surface area contributed by atoms with Gasteiger partial charge in [0, 0.05) is 0 Å². The SMILES string of the molecule is CCCC(N)C(=O)N[C@@H](C)c1ccc(C)cc1. The number of carbonyl (C=O) groups is 1. The van der Waals surface area contributed by atoms with E-state index in [0.717, 1.165) is 18.4 Å². The number of aryl methyl sites for hydroxylation is 1. The first-order chi connectivity index (χ1) is 8.04. The molecule has 0 spiro atoms. The molecule has 0 aliphatic carbocycles. The van der Waals surface area contributed by atoms with Crippen molar-refractivity contribution in [3.05, 3.63) is 35.4 Å². The largest absolute Gasteiger partial charge is 0.348 e. The standard InChI is InChI=1S/C14H22N2O/c1-4-5-13(15)14(17)16-11(3)12-8-6-10(2)7-9-12/h6-9,11,13H,4-5,15H2,1-3H3,(H,16,17)/t11-,13?/m0/s1. The van der Waals surface area contributed by atoms with Gasteiger partial charge in [0.2, 0.25) is 5.91 Å². The molecule has 1 unspecified atom stereocenters. The minimum Gasteiger partial charge on any atom is -0.348 e. The summed E-state index contributed by atoms with van der Waals surface area (Å²) in [5.41, 5.74) is 8.09. The van der Waals surface area contributed by atoms with Crippen LogP contribution in [0.2, 0.25) is 0 Å². The average molecular weight is 234 g/mol. The third-order valence-corrected chi connectivity index (χ3v) is 2.87. The molecule has 3 nitrogen and oxygen atoms in total. The lowest BCUT2D eigenvalue weighted by molar-refractivity contribution is -0.123. The molecule has 17 heavy (non-hydrogen) atoms. The second kappa shape index (κ2) is 6.40. The molecule has 3 heteroatoms. The van der Waals surface area contributed by atoms with Gasteiger partial charge in [0.1, 0.15) is 0 Å². The van der Waals surface area contributed by atoms with E-state index in [1.54, 1.807) is 0 Å². The van der Waals surface area contributed by atoms with Crippen LogP contribution in [0.15, 0.2) is 24.3 Å². The van der Waals surface area contributed by atoms with Crippen molar-refractivity contribution in [1.29, 1.82) is 0 Å². The van der Waals surface area contributed by atoms with E-state index in [4.69, 9.17) is 5.73 Å². The van der Waals surface area contributed by atoms with Gasteiger partial charge in [-0.05, 0) is 25.8 Å². The Morgan fingerprint density at radius 2 is 1.94 bits per heavy atom. The van der Waals surface area contributed by atoms with Crippen LogP contribution in [0.25, 0.3) is 0 Å². The highest BCUT2D eigenvalue weighted by atomic mass is 16.2. The van der Waals surface area contributed by atoms with Gasteiger partial charge < -0.3 is 11.1 Å². The van der Waals surface area contributed by atoms with Crippen molar-refractivity contribution in [2.45, 2.75) is 45.7 Å². The maximum Gasteiger partial charge on any atom is 0.237 e. The van der Waals surface area contributed by atoms with E-state index in [1.165, 1.54) is 5.56 Å². The summed E-state index contributed by atoms with van der Waals surface area (Å²) in [7, 11) is 0. The molecule has 0 heterocycles. The Balaban J connectivity index is 2.57. The van der Waals surface area contributed by atoms with Gasteiger partial charge in [-0.3, -0.25) is 4.79 Å². The summed E-state index contributed by atoms with van der Waals surface area (Å²) < 4.78 is 0. The Kier molecular flexibility index (Phi) is 5.16. The molecule has 0 saturated heterocycles. The highest BCUT2D eigenvalue weighted by Gasteiger charge is 2.15. The predicted octanol–water partition coefficient (Wildman–Crippen LogP) is 2.30. The Morgan fingerprint density at radius 1 is 1.35 bits per heavy atom. The van der Waals surface area contributed by atoms with Crippen molar-refractivity contribution >= 4 is 5.91 Å². The van der Waals surface area contributed by atoms with Gasteiger partial charge in [0.05, 0.1) is 12.1 Å². The molecule has 0 aliphatic rings. The number of amides is 1. The molecule has 0 aromatic heterocycles. The summed E-state index contributed by atoms with van der Waals surface area (Å²) >= 11 is 0. The number of hydrogen-bond acceptors (Lipinski definition) is 2. The van der Waals surface area contributed by atoms with Crippen LogP contribution in [-0.4, -0.2) is 11.9 Å². The number of benzene rings is 1. The molecular formula is C14H22N2O. The molecule has 1 rings (SSSR count). The molecule has 1 aromatic carbocycles. The Bertz CT molecular complexity index is 359. The minimum absolute atomic E-state index is 0.00556. The van der Waals surface area contributed by atoms with Gasteiger partial charge in [0.15, 0.2) is 0 Å². The molecule has 3 N–H and O–H groups in total. The molecule has 0 aliphatic heterocycles. The lowest BCUT2D eigenvalue weighted by Crippen LogP contribution is -2.41. The fourth-order valence-electron chi connectivity index (χ4n) is 1.70. The summed E-state index contributed by atoms with van der Waals surface area (Å²) in [4.78, 5) is 11.7. The number of rotatable bonds is 5. The summed E-state index contributed by atoms with van der Waals surface area (Å²) in [5, 5.41) is 2.94. The normalized spacial score (nSPS) is 14.1. The van der Waals surface area contributed by atoms with Crippen LogP contribution in [0, 0.1) is 6.92 Å². The lowest BCUT2D eigenvalue weighted by atomic mass is 10.1. The third-order valence-electron chi connectivity index (χ3n) is 2.87. The van der Waals surface area contributed by atoms with Gasteiger partial charge in [0.25, 0.3) is 0 Å². The second-order valence-electron chi connectivity index (χ2n) is 4.54. The molecule has 2 atom stereocenters. The quantitative estimate of drug-likeness (QED) is 0.821. The second-order valence-corrected chi connectivity index (χ2v) is 4.54. The zero-order chi connectivity index (χ0) is 12.8. The first-order valence-corrected chi connectivity index (χ1v) is 6.17. The van der Waals surface area contributed by atoms with Crippen LogP contribution in [-0.2, 0) is 4.79 Å². The van der Waals surface area contributed by atoms with Crippen molar-refractivity contribution in [2.24, 2.45) is 5.73 Å². The maximum absolute atomic E-state index is 11.7. The van der Waals surface area contributed by atoms with Gasteiger partial charge >= 0.3 is 0 Å². The van der Waals surface area contributed by atoms with E-state index in [2.05, 4.69) is 5.32 Å². The number of nitrogens with one attached hydrogen (secondary N) is 1. The number of nitrogens with two attached hydrogens (primary N) is 1. The van der Waals surface area contributed by atoms with Gasteiger partial charge in [-0.25, -0.2) is 0 Å². The Morgan fingerprint density at radius 3 is 2.47 bits per heavy atom. The fraction of sp³-hybridized carbons (Fsp3) is 0.500. The number of hydrogen-bond donors (Lipinski definition) is 2. The molecule has 0 radical (unpaired) electrons. The van der Waals surface area contributed by atoms with Crippen molar-refractivity contribution < 1.29 is 4.79 Å². The summed E-state index contributed by atoms with van der Waals surface area (Å²) in [6, 6.07) is 7.77. The molecule has 0 saturated carbocycles. The lowest BCUT2D eigenvalue weighted by Gasteiger charge is -2.17. The first-order valence-electron chi connectivity index (χ1n) is 6.17. The molecule has 0 fully saturated rings. The van der Waals surface area contributed by atoms with Crippen molar-refractivity contribution in [1.82, 2.24) is 5.32 Å². The van der Waals surface area contributed by atoms with Crippen LogP contribution < -0.4 is 11.1 Å². The van der Waals surface area contributed by atoms with Crippen molar-refractivity contribution in [3.63, 3.8) is 0 Å². The molecule has 94 valence electrons. The molecule has 1 aromatic rings. The van der Waals surface area contributed by atoms with E-state index in [-0.39, 0.29) is 11.9 Å². The van der Waals surface area contributed by atoms with Gasteiger partial charge in [-0.15, -0.1) is 0 Å². The third kappa shape index (κ3) is 4.19. The maximum atomic E-state index is 11.7.